The Balaban J connectivity index is 1.30. The van der Waals surface area contributed by atoms with E-state index in [0.29, 0.717) is 37.8 Å². The first-order chi connectivity index (χ1) is 17.3. The lowest BCUT2D eigenvalue weighted by Crippen LogP contribution is -2.29. The van der Waals surface area contributed by atoms with Crippen LogP contribution in [0.1, 0.15) is 25.7 Å². The maximum Gasteiger partial charge on any atom is 0.506 e. The molecule has 2 aromatic heterocycles. The molecule has 4 aromatic rings. The maximum atomic E-state index is 15.1. The largest absolute Gasteiger partial charge is 0.506 e. The monoisotopic (exact) mass is 507 g/mol. The van der Waals surface area contributed by atoms with Crippen molar-refractivity contribution in [3.8, 4) is 17.5 Å². The van der Waals surface area contributed by atoms with E-state index < -0.39 is 41.2 Å². The molecular weight excluding hydrogens is 490 g/mol. The lowest BCUT2D eigenvalue weighted by molar-refractivity contribution is 0.0147. The zero-order valence-corrected chi connectivity index (χ0v) is 18.2. The molecule has 1 aliphatic rings. The van der Waals surface area contributed by atoms with Gasteiger partial charge in [0.05, 0.1) is 17.3 Å². The Hall–Kier alpha value is -4.36. The average molecular weight is 507 g/mol. The van der Waals surface area contributed by atoms with Crippen molar-refractivity contribution in [2.24, 2.45) is 0 Å². The van der Waals surface area contributed by atoms with Crippen LogP contribution < -0.4 is 10.1 Å². The number of carboxylic acid groups (broad SMARTS) is 1. The van der Waals surface area contributed by atoms with Gasteiger partial charge in [0.25, 0.3) is 5.89 Å². The third-order valence-electron chi connectivity index (χ3n) is 5.62. The molecule has 36 heavy (non-hydrogen) atoms. The number of nitrogens with zero attached hydrogens (tertiary/aromatic N) is 3. The zero-order valence-electron chi connectivity index (χ0n) is 18.2. The van der Waals surface area contributed by atoms with Crippen LogP contribution >= 0.6 is 0 Å². The summed E-state index contributed by atoms with van der Waals surface area (Å²) in [5.41, 5.74) is -0.164. The quantitative estimate of drug-likeness (QED) is 0.181. The van der Waals surface area contributed by atoms with Crippen LogP contribution in [0.4, 0.5) is 34.1 Å². The van der Waals surface area contributed by atoms with Crippen LogP contribution in [0, 0.1) is 23.3 Å². The third kappa shape index (κ3) is 4.74. The summed E-state index contributed by atoms with van der Waals surface area (Å²) in [6, 6.07) is 3.58. The highest BCUT2D eigenvalue weighted by atomic mass is 19.2. The Morgan fingerprint density at radius 1 is 1.03 bits per heavy atom. The third-order valence-corrected chi connectivity index (χ3v) is 5.62. The first kappa shape index (κ1) is 23.4. The minimum Gasteiger partial charge on any atom is -0.487 e. The highest BCUT2D eigenvalue weighted by Gasteiger charge is 2.26. The summed E-state index contributed by atoms with van der Waals surface area (Å²) in [7, 11) is 0. The fraction of sp³-hybridized carbons (Fsp3) is 0.273. The molecule has 0 aliphatic heterocycles. The molecule has 1 aliphatic carbocycles. The highest BCUT2D eigenvalue weighted by molar-refractivity contribution is 5.80. The molecule has 1 saturated carbocycles. The molecule has 0 spiro atoms. The van der Waals surface area contributed by atoms with Gasteiger partial charge in [-0.15, -0.1) is 5.10 Å². The molecule has 188 valence electrons. The summed E-state index contributed by atoms with van der Waals surface area (Å²) in [4.78, 5) is 17.6. The summed E-state index contributed by atoms with van der Waals surface area (Å²) in [6.07, 6.45) is -0.105. The van der Waals surface area contributed by atoms with Crippen molar-refractivity contribution in [2.75, 3.05) is 5.32 Å². The Kier molecular flexibility index (Phi) is 6.08. The number of hydrogen-bond acceptors (Lipinski definition) is 8. The molecule has 10 nitrogen and oxygen atoms in total. The Labute approximate surface area is 199 Å². The van der Waals surface area contributed by atoms with E-state index in [9.17, 15) is 18.0 Å². The standard InChI is InChI=1S/C22H17F4N5O5/c23-11-7-13(25)15(8-12(11)24)28-21-31-30-20(36-21)19-27-14-5-6-16(17(26)18(14)29-19)34-9-1-3-10(4-2-9)35-22(32)33/h5-10H,1-4H2,(H,27,29)(H,28,31)(H,32,33)/t9-,10-. The smallest absolute Gasteiger partial charge is 0.487 e. The van der Waals surface area contributed by atoms with Crippen molar-refractivity contribution < 1.29 is 41.4 Å². The van der Waals surface area contributed by atoms with Gasteiger partial charge in [0.2, 0.25) is 0 Å². The molecule has 5 rings (SSSR count). The number of H-pyrrole nitrogens is 1. The van der Waals surface area contributed by atoms with E-state index >= 15 is 4.39 Å². The van der Waals surface area contributed by atoms with Gasteiger partial charge < -0.3 is 29.3 Å². The number of benzene rings is 2. The molecule has 2 heterocycles. The molecule has 14 heteroatoms. The summed E-state index contributed by atoms with van der Waals surface area (Å²) >= 11 is 0. The molecule has 0 atom stereocenters. The Morgan fingerprint density at radius 2 is 1.75 bits per heavy atom. The van der Waals surface area contributed by atoms with E-state index in [-0.39, 0.29) is 40.6 Å². The number of halogens is 4. The molecule has 0 radical (unpaired) electrons. The number of aromatic nitrogens is 4. The molecule has 0 unspecified atom stereocenters. The first-order valence-electron chi connectivity index (χ1n) is 10.8. The van der Waals surface area contributed by atoms with Gasteiger partial charge in [-0.05, 0) is 37.8 Å². The minimum absolute atomic E-state index is 0.0120. The summed E-state index contributed by atoms with van der Waals surface area (Å²) in [6.45, 7) is 0. The molecule has 3 N–H and O–H groups in total. The zero-order chi connectivity index (χ0) is 25.4. The summed E-state index contributed by atoms with van der Waals surface area (Å²) in [5.74, 6) is -4.56. The number of imidazole rings is 1. The van der Waals surface area contributed by atoms with Crippen molar-refractivity contribution in [3.05, 3.63) is 47.5 Å². The fourth-order valence-corrected chi connectivity index (χ4v) is 3.91. The second-order valence-corrected chi connectivity index (χ2v) is 8.04. The topological polar surface area (TPSA) is 135 Å². The molecule has 0 amide bonds. The predicted molar refractivity (Wildman–Crippen MR) is 115 cm³/mol. The van der Waals surface area contributed by atoms with E-state index in [0.717, 1.165) is 0 Å². The van der Waals surface area contributed by atoms with Crippen LogP contribution in [0.15, 0.2) is 28.7 Å². The van der Waals surface area contributed by atoms with E-state index in [1.807, 2.05) is 0 Å². The van der Waals surface area contributed by atoms with Crippen molar-refractivity contribution in [2.45, 2.75) is 37.9 Å². The van der Waals surface area contributed by atoms with Crippen LogP contribution in [-0.4, -0.2) is 43.6 Å². The van der Waals surface area contributed by atoms with Crippen molar-refractivity contribution in [1.29, 1.82) is 0 Å². The van der Waals surface area contributed by atoms with Gasteiger partial charge >= 0.3 is 12.2 Å². The van der Waals surface area contributed by atoms with Gasteiger partial charge in [0.1, 0.15) is 17.4 Å². The van der Waals surface area contributed by atoms with Crippen molar-refractivity contribution >= 4 is 28.9 Å². The normalized spacial score (nSPS) is 17.8. The number of aromatic amines is 1. The fourth-order valence-electron chi connectivity index (χ4n) is 3.91. The summed E-state index contributed by atoms with van der Waals surface area (Å²) in [5, 5.41) is 18.5. The Bertz CT molecular complexity index is 1430. The molecule has 2 aromatic carbocycles. The van der Waals surface area contributed by atoms with Crippen molar-refractivity contribution in [3.63, 3.8) is 0 Å². The van der Waals surface area contributed by atoms with Gasteiger partial charge in [-0.2, -0.15) is 0 Å². The van der Waals surface area contributed by atoms with E-state index in [1.54, 1.807) is 0 Å². The minimum atomic E-state index is -1.35. The van der Waals surface area contributed by atoms with E-state index in [4.69, 9.17) is 19.0 Å². The van der Waals surface area contributed by atoms with Gasteiger partial charge in [-0.1, -0.05) is 5.10 Å². The number of fused-ring (bicyclic) bond motifs is 1. The number of carbonyl (C=O) groups is 1. The van der Waals surface area contributed by atoms with Gasteiger partial charge in [0, 0.05) is 12.1 Å². The average Bonchev–Trinajstić information content (AvgIpc) is 3.48. The van der Waals surface area contributed by atoms with Crippen LogP contribution in [0.5, 0.6) is 5.75 Å². The van der Waals surface area contributed by atoms with Crippen molar-refractivity contribution in [1.82, 2.24) is 20.2 Å². The van der Waals surface area contributed by atoms with Gasteiger partial charge in [-0.3, -0.25) is 0 Å². The second-order valence-electron chi connectivity index (χ2n) is 8.04. The number of rotatable bonds is 6. The first-order valence-corrected chi connectivity index (χ1v) is 10.8. The Morgan fingerprint density at radius 3 is 2.50 bits per heavy atom. The van der Waals surface area contributed by atoms with Crippen LogP contribution in [0.25, 0.3) is 22.7 Å². The second kappa shape index (κ2) is 9.36. The molecular formula is C22H17F4N5O5. The van der Waals surface area contributed by atoms with E-state index in [1.165, 1.54) is 12.1 Å². The predicted octanol–water partition coefficient (Wildman–Crippen LogP) is 5.30. The van der Waals surface area contributed by atoms with Gasteiger partial charge in [0.15, 0.2) is 29.0 Å². The number of hydrogen-bond donors (Lipinski definition) is 3. The highest BCUT2D eigenvalue weighted by Crippen LogP contribution is 2.32. The van der Waals surface area contributed by atoms with Crippen LogP contribution in [0.3, 0.4) is 0 Å². The molecule has 1 fully saturated rings. The lowest BCUT2D eigenvalue weighted by Gasteiger charge is -2.28. The summed E-state index contributed by atoms with van der Waals surface area (Å²) < 4.78 is 71.4. The van der Waals surface area contributed by atoms with Gasteiger partial charge in [-0.25, -0.2) is 27.3 Å². The lowest BCUT2D eigenvalue weighted by atomic mass is 9.95. The number of ether oxygens (including phenoxy) is 2. The van der Waals surface area contributed by atoms with E-state index in [2.05, 4.69) is 25.5 Å². The molecule has 0 bridgehead atoms. The number of nitrogens with one attached hydrogen (secondary N) is 2. The SMILES string of the molecule is O=C(O)O[C@H]1CC[C@H](Oc2ccc3nc(-c4nnc(Nc5cc(F)c(F)cc5F)o4)[nH]c3c2F)CC1. The number of anilines is 2. The van der Waals surface area contributed by atoms with Crippen LogP contribution in [0.2, 0.25) is 0 Å². The maximum absolute atomic E-state index is 15.1. The van der Waals surface area contributed by atoms with Crippen LogP contribution in [-0.2, 0) is 4.74 Å². The molecule has 0 saturated heterocycles.